The van der Waals surface area contributed by atoms with Crippen LogP contribution in [0.4, 0.5) is 5.69 Å². The Bertz CT molecular complexity index is 732. The van der Waals surface area contributed by atoms with Crippen molar-refractivity contribution >= 4 is 29.3 Å². The highest BCUT2D eigenvalue weighted by atomic mass is 32.2. The van der Waals surface area contributed by atoms with Gasteiger partial charge in [-0.25, -0.2) is 0 Å². The Kier molecular flexibility index (Phi) is 8.18. The second-order valence-electron chi connectivity index (χ2n) is 5.82. The molecule has 0 aliphatic rings. The van der Waals surface area contributed by atoms with Crippen LogP contribution < -0.4 is 10.6 Å². The quantitative estimate of drug-likeness (QED) is 0.663. The summed E-state index contributed by atoms with van der Waals surface area (Å²) in [4.78, 5) is 24.4. The monoisotopic (exact) mass is 372 g/mol. The largest absolute Gasteiger partial charge is 0.383 e. The Balaban J connectivity index is 1.86. The summed E-state index contributed by atoms with van der Waals surface area (Å²) in [5, 5.41) is 5.59. The first kappa shape index (κ1) is 20.0. The third-order valence-electron chi connectivity index (χ3n) is 3.66. The summed E-state index contributed by atoms with van der Waals surface area (Å²) in [7, 11) is 1.58. The van der Waals surface area contributed by atoms with Crippen LogP contribution in [0.15, 0.2) is 48.5 Å². The van der Waals surface area contributed by atoms with Gasteiger partial charge in [0.15, 0.2) is 0 Å². The molecule has 0 bridgehead atoms. The number of ether oxygens (including phenoxy) is 1. The van der Waals surface area contributed by atoms with Crippen LogP contribution in [0.2, 0.25) is 0 Å². The van der Waals surface area contributed by atoms with Gasteiger partial charge in [0, 0.05) is 19.4 Å². The second kappa shape index (κ2) is 10.6. The van der Waals surface area contributed by atoms with Crippen molar-refractivity contribution in [2.75, 3.05) is 31.3 Å². The molecule has 5 nitrogen and oxygen atoms in total. The minimum Gasteiger partial charge on any atom is -0.383 e. The van der Waals surface area contributed by atoms with Crippen molar-refractivity contribution in [2.24, 2.45) is 0 Å². The van der Waals surface area contributed by atoms with E-state index < -0.39 is 0 Å². The Morgan fingerprint density at radius 1 is 1.08 bits per heavy atom. The predicted molar refractivity (Wildman–Crippen MR) is 107 cm³/mol. The van der Waals surface area contributed by atoms with E-state index in [1.165, 1.54) is 11.1 Å². The second-order valence-corrected chi connectivity index (χ2v) is 6.81. The van der Waals surface area contributed by atoms with Gasteiger partial charge in [-0.3, -0.25) is 9.59 Å². The van der Waals surface area contributed by atoms with Gasteiger partial charge in [-0.05, 0) is 24.6 Å². The summed E-state index contributed by atoms with van der Waals surface area (Å²) in [6.45, 7) is 2.91. The Morgan fingerprint density at radius 3 is 2.54 bits per heavy atom. The molecule has 0 heterocycles. The maximum Gasteiger partial charge on any atom is 0.253 e. The van der Waals surface area contributed by atoms with E-state index in [1.54, 1.807) is 43.1 Å². The van der Waals surface area contributed by atoms with Crippen LogP contribution in [0.1, 0.15) is 21.5 Å². The fourth-order valence-corrected chi connectivity index (χ4v) is 3.07. The zero-order chi connectivity index (χ0) is 18.8. The number of benzene rings is 2. The summed E-state index contributed by atoms with van der Waals surface area (Å²) in [6, 6.07) is 15.3. The molecule has 26 heavy (non-hydrogen) atoms. The molecule has 0 radical (unpaired) electrons. The van der Waals surface area contributed by atoms with Gasteiger partial charge in [0.1, 0.15) is 0 Å². The first-order chi connectivity index (χ1) is 12.6. The molecule has 0 unspecified atom stereocenters. The number of rotatable bonds is 9. The van der Waals surface area contributed by atoms with Crippen LogP contribution in [0.25, 0.3) is 0 Å². The minimum absolute atomic E-state index is 0.126. The van der Waals surface area contributed by atoms with E-state index in [0.29, 0.717) is 30.2 Å². The molecule has 0 saturated carbocycles. The number of para-hydroxylation sites is 1. The number of aryl methyl sites for hydroxylation is 1. The van der Waals surface area contributed by atoms with Gasteiger partial charge in [-0.15, -0.1) is 11.8 Å². The number of hydrogen-bond acceptors (Lipinski definition) is 4. The van der Waals surface area contributed by atoms with E-state index in [-0.39, 0.29) is 11.8 Å². The Hall–Kier alpha value is -2.31. The topological polar surface area (TPSA) is 67.4 Å². The van der Waals surface area contributed by atoms with Gasteiger partial charge < -0.3 is 15.4 Å². The highest BCUT2D eigenvalue weighted by Crippen LogP contribution is 2.17. The van der Waals surface area contributed by atoms with Gasteiger partial charge >= 0.3 is 0 Å². The summed E-state index contributed by atoms with van der Waals surface area (Å²) >= 11 is 1.54. The van der Waals surface area contributed by atoms with E-state index in [1.807, 2.05) is 6.92 Å². The van der Waals surface area contributed by atoms with Gasteiger partial charge in [-0.1, -0.05) is 42.0 Å². The lowest BCUT2D eigenvalue weighted by atomic mass is 10.1. The SMILES string of the molecule is COCCNC(=O)c1ccccc1NC(=O)CSCc1ccc(C)cc1. The number of anilines is 1. The van der Waals surface area contributed by atoms with Crippen LogP contribution in [-0.2, 0) is 15.3 Å². The molecule has 138 valence electrons. The molecule has 0 aromatic heterocycles. The molecule has 0 spiro atoms. The number of carbonyl (C=O) groups is 2. The molecule has 2 rings (SSSR count). The Morgan fingerprint density at radius 2 is 1.81 bits per heavy atom. The summed E-state index contributed by atoms with van der Waals surface area (Å²) in [5.74, 6) is 0.741. The van der Waals surface area contributed by atoms with E-state index in [2.05, 4.69) is 34.9 Å². The predicted octanol–water partition coefficient (Wildman–Crippen LogP) is 3.24. The van der Waals surface area contributed by atoms with Crippen LogP contribution in [0.5, 0.6) is 0 Å². The third kappa shape index (κ3) is 6.54. The van der Waals surface area contributed by atoms with Crippen molar-refractivity contribution in [3.63, 3.8) is 0 Å². The smallest absolute Gasteiger partial charge is 0.253 e. The Labute approximate surface area is 158 Å². The molecule has 2 aromatic carbocycles. The lowest BCUT2D eigenvalue weighted by molar-refractivity contribution is -0.113. The molecule has 2 aromatic rings. The number of hydrogen-bond donors (Lipinski definition) is 2. The fraction of sp³-hybridized carbons (Fsp3) is 0.300. The average molecular weight is 372 g/mol. The highest BCUT2D eigenvalue weighted by Gasteiger charge is 2.12. The molecular formula is C20H24N2O3S. The van der Waals surface area contributed by atoms with E-state index in [4.69, 9.17) is 4.74 Å². The lowest BCUT2D eigenvalue weighted by Crippen LogP contribution is -2.28. The van der Waals surface area contributed by atoms with Gasteiger partial charge in [0.25, 0.3) is 5.91 Å². The van der Waals surface area contributed by atoms with Crippen LogP contribution in [0, 0.1) is 6.92 Å². The van der Waals surface area contributed by atoms with E-state index >= 15 is 0 Å². The van der Waals surface area contributed by atoms with Crippen molar-refractivity contribution in [2.45, 2.75) is 12.7 Å². The molecule has 0 fully saturated rings. The normalized spacial score (nSPS) is 10.4. The number of nitrogens with one attached hydrogen (secondary N) is 2. The summed E-state index contributed by atoms with van der Waals surface area (Å²) in [6.07, 6.45) is 0. The zero-order valence-corrected chi connectivity index (χ0v) is 15.9. The summed E-state index contributed by atoms with van der Waals surface area (Å²) in [5.41, 5.74) is 3.37. The molecule has 0 saturated heterocycles. The van der Waals surface area contributed by atoms with Crippen molar-refractivity contribution in [3.05, 3.63) is 65.2 Å². The van der Waals surface area contributed by atoms with Gasteiger partial charge in [0.2, 0.25) is 5.91 Å². The highest BCUT2D eigenvalue weighted by molar-refractivity contribution is 7.99. The van der Waals surface area contributed by atoms with Crippen molar-refractivity contribution in [1.82, 2.24) is 5.32 Å². The van der Waals surface area contributed by atoms with Crippen molar-refractivity contribution in [3.8, 4) is 0 Å². The molecule has 0 atom stereocenters. The maximum absolute atomic E-state index is 12.2. The van der Waals surface area contributed by atoms with Gasteiger partial charge in [-0.2, -0.15) is 0 Å². The van der Waals surface area contributed by atoms with Crippen LogP contribution in [0.3, 0.4) is 0 Å². The minimum atomic E-state index is -0.231. The molecule has 2 N–H and O–H groups in total. The van der Waals surface area contributed by atoms with E-state index in [9.17, 15) is 9.59 Å². The number of carbonyl (C=O) groups excluding carboxylic acids is 2. The van der Waals surface area contributed by atoms with Crippen molar-refractivity contribution < 1.29 is 14.3 Å². The summed E-state index contributed by atoms with van der Waals surface area (Å²) < 4.78 is 4.92. The zero-order valence-electron chi connectivity index (χ0n) is 15.1. The first-order valence-electron chi connectivity index (χ1n) is 8.39. The van der Waals surface area contributed by atoms with Crippen LogP contribution >= 0.6 is 11.8 Å². The molecule has 0 aliphatic carbocycles. The van der Waals surface area contributed by atoms with Crippen molar-refractivity contribution in [1.29, 1.82) is 0 Å². The molecule has 2 amide bonds. The lowest BCUT2D eigenvalue weighted by Gasteiger charge is -2.11. The average Bonchev–Trinajstić information content (AvgIpc) is 2.64. The number of amides is 2. The number of thioether (sulfide) groups is 1. The maximum atomic E-state index is 12.2. The van der Waals surface area contributed by atoms with E-state index in [0.717, 1.165) is 5.75 Å². The van der Waals surface area contributed by atoms with Crippen LogP contribution in [-0.4, -0.2) is 37.8 Å². The fourth-order valence-electron chi connectivity index (χ4n) is 2.28. The molecule has 0 aliphatic heterocycles. The number of methoxy groups -OCH3 is 1. The standard InChI is InChI=1S/C20H24N2O3S/c1-15-7-9-16(10-8-15)13-26-14-19(23)22-18-6-4-3-5-17(18)20(24)21-11-12-25-2/h3-10H,11-14H2,1-2H3,(H,21,24)(H,22,23). The van der Waals surface area contributed by atoms with Gasteiger partial charge in [0.05, 0.1) is 23.6 Å². The molecule has 6 heteroatoms. The first-order valence-corrected chi connectivity index (χ1v) is 9.55. The third-order valence-corrected chi connectivity index (χ3v) is 4.66. The molecular weight excluding hydrogens is 348 g/mol.